The number of anilines is 1. The van der Waals surface area contributed by atoms with Crippen LogP contribution < -0.4 is 4.90 Å². The molecule has 17 heavy (non-hydrogen) atoms. The third kappa shape index (κ3) is 3.09. The maximum atomic E-state index is 11.4. The normalized spacial score (nSPS) is 19.4. The third-order valence-electron chi connectivity index (χ3n) is 2.96. The summed E-state index contributed by atoms with van der Waals surface area (Å²) in [6, 6.07) is 5.90. The van der Waals surface area contributed by atoms with Crippen LogP contribution >= 0.6 is 15.9 Å². The Balaban J connectivity index is 2.29. The lowest BCUT2D eigenvalue weighted by Gasteiger charge is -2.31. The lowest BCUT2D eigenvalue weighted by atomic mass is 10.1. The summed E-state index contributed by atoms with van der Waals surface area (Å²) in [6.07, 6.45) is -0.481. The molecule has 0 spiro atoms. The molecule has 94 valence electrons. The van der Waals surface area contributed by atoms with Gasteiger partial charge >= 0.3 is 0 Å². The van der Waals surface area contributed by atoms with Crippen LogP contribution in [0.5, 0.6) is 0 Å². The summed E-state index contributed by atoms with van der Waals surface area (Å²) in [4.78, 5) is 2.20. The summed E-state index contributed by atoms with van der Waals surface area (Å²) in [7, 11) is -0.673. The zero-order valence-corrected chi connectivity index (χ0v) is 12.1. The number of hydrogen-bond donors (Lipinski definition) is 1. The minimum absolute atomic E-state index is 0.481. The van der Waals surface area contributed by atoms with Gasteiger partial charge in [-0.05, 0) is 19.1 Å². The summed E-state index contributed by atoms with van der Waals surface area (Å²) in [6.45, 7) is 3.36. The van der Waals surface area contributed by atoms with Crippen LogP contribution in [0.2, 0.25) is 0 Å². The van der Waals surface area contributed by atoms with Gasteiger partial charge in [0.2, 0.25) is 0 Å². The van der Waals surface area contributed by atoms with Gasteiger partial charge < -0.3 is 10.0 Å². The molecule has 0 saturated carbocycles. The van der Waals surface area contributed by atoms with E-state index >= 15 is 0 Å². The second-order valence-electron chi connectivity index (χ2n) is 4.21. The maximum absolute atomic E-state index is 11.4. The molecule has 0 aliphatic carbocycles. The van der Waals surface area contributed by atoms with E-state index in [-0.39, 0.29) is 0 Å². The lowest BCUT2D eigenvalue weighted by molar-refractivity contribution is 0.199. The van der Waals surface area contributed by atoms with Gasteiger partial charge in [0.25, 0.3) is 0 Å². The van der Waals surface area contributed by atoms with Crippen LogP contribution in [0, 0.1) is 0 Å². The quantitative estimate of drug-likeness (QED) is 0.907. The first-order valence-corrected chi connectivity index (χ1v) is 7.93. The van der Waals surface area contributed by atoms with Crippen LogP contribution in [0.3, 0.4) is 0 Å². The van der Waals surface area contributed by atoms with E-state index in [4.69, 9.17) is 0 Å². The van der Waals surface area contributed by atoms with E-state index in [0.717, 1.165) is 28.8 Å². The van der Waals surface area contributed by atoms with E-state index < -0.39 is 16.9 Å². The number of nitrogens with zero attached hydrogens (tertiary/aromatic N) is 1. The molecule has 1 aliphatic rings. The van der Waals surface area contributed by atoms with Gasteiger partial charge in [-0.3, -0.25) is 4.21 Å². The summed E-state index contributed by atoms with van der Waals surface area (Å²) in [5.41, 5.74) is 1.98. The number of aliphatic hydroxyl groups is 1. The highest BCUT2D eigenvalue weighted by atomic mass is 79.9. The second-order valence-corrected chi connectivity index (χ2v) is 6.83. The summed E-state index contributed by atoms with van der Waals surface area (Å²) >= 11 is 3.46. The third-order valence-corrected chi connectivity index (χ3v) is 4.73. The maximum Gasteiger partial charge on any atom is 0.0782 e. The van der Waals surface area contributed by atoms with Gasteiger partial charge in [-0.25, -0.2) is 0 Å². The zero-order valence-electron chi connectivity index (χ0n) is 9.73. The second kappa shape index (κ2) is 5.50. The van der Waals surface area contributed by atoms with Gasteiger partial charge in [0.05, 0.1) is 6.10 Å². The van der Waals surface area contributed by atoms with Crippen molar-refractivity contribution >= 4 is 32.4 Å². The fourth-order valence-corrected chi connectivity index (χ4v) is 3.42. The van der Waals surface area contributed by atoms with Gasteiger partial charge in [-0.15, -0.1) is 0 Å². The molecule has 0 bridgehead atoms. The summed E-state index contributed by atoms with van der Waals surface area (Å²) in [5.74, 6) is 1.43. The molecule has 0 aromatic heterocycles. The van der Waals surface area contributed by atoms with Crippen molar-refractivity contribution in [2.75, 3.05) is 29.5 Å². The van der Waals surface area contributed by atoms with Crippen molar-refractivity contribution in [3.63, 3.8) is 0 Å². The molecule has 1 saturated heterocycles. The Morgan fingerprint density at radius 1 is 1.41 bits per heavy atom. The van der Waals surface area contributed by atoms with Gasteiger partial charge in [0.15, 0.2) is 0 Å². The Kier molecular flexibility index (Phi) is 4.22. The molecular weight excluding hydrogens is 302 g/mol. The molecule has 1 heterocycles. The largest absolute Gasteiger partial charge is 0.389 e. The van der Waals surface area contributed by atoms with Crippen molar-refractivity contribution in [3.05, 3.63) is 28.2 Å². The summed E-state index contributed by atoms with van der Waals surface area (Å²) in [5, 5.41) is 9.78. The average molecular weight is 318 g/mol. The molecule has 1 aliphatic heterocycles. The molecule has 1 fully saturated rings. The van der Waals surface area contributed by atoms with Gasteiger partial charge in [0.1, 0.15) is 0 Å². The summed E-state index contributed by atoms with van der Waals surface area (Å²) < 4.78 is 12.4. The van der Waals surface area contributed by atoms with Crippen LogP contribution in [0.25, 0.3) is 0 Å². The van der Waals surface area contributed by atoms with E-state index in [0.29, 0.717) is 11.5 Å². The van der Waals surface area contributed by atoms with Crippen molar-refractivity contribution in [1.29, 1.82) is 0 Å². The zero-order chi connectivity index (χ0) is 12.4. The SMILES string of the molecule is CC(O)c1ccc(Br)cc1N1CCS(=O)CC1. The Hall–Kier alpha value is -0.390. The van der Waals surface area contributed by atoms with E-state index in [1.807, 2.05) is 18.2 Å². The Morgan fingerprint density at radius 3 is 2.65 bits per heavy atom. The first-order chi connectivity index (χ1) is 8.08. The monoisotopic (exact) mass is 317 g/mol. The Morgan fingerprint density at radius 2 is 2.06 bits per heavy atom. The van der Waals surface area contributed by atoms with Crippen LogP contribution in [-0.4, -0.2) is 33.9 Å². The number of aliphatic hydroxyl groups excluding tert-OH is 1. The number of halogens is 1. The van der Waals surface area contributed by atoms with Gasteiger partial charge in [-0.1, -0.05) is 22.0 Å². The van der Waals surface area contributed by atoms with E-state index in [2.05, 4.69) is 20.8 Å². The first kappa shape index (κ1) is 13.1. The Bertz CT molecular complexity index is 427. The number of hydrogen-bond acceptors (Lipinski definition) is 3. The predicted octanol–water partition coefficient (Wildman–Crippen LogP) is 2.07. The van der Waals surface area contributed by atoms with Crippen molar-refractivity contribution in [3.8, 4) is 0 Å². The minimum Gasteiger partial charge on any atom is -0.389 e. The van der Waals surface area contributed by atoms with Crippen molar-refractivity contribution in [2.24, 2.45) is 0 Å². The van der Waals surface area contributed by atoms with Crippen LogP contribution in [-0.2, 0) is 10.8 Å². The van der Waals surface area contributed by atoms with Crippen molar-refractivity contribution in [1.82, 2.24) is 0 Å². The number of rotatable bonds is 2. The topological polar surface area (TPSA) is 40.5 Å². The van der Waals surface area contributed by atoms with Crippen LogP contribution in [0.15, 0.2) is 22.7 Å². The van der Waals surface area contributed by atoms with Gasteiger partial charge in [0, 0.05) is 51.1 Å². The van der Waals surface area contributed by atoms with E-state index in [1.165, 1.54) is 0 Å². The van der Waals surface area contributed by atoms with Crippen molar-refractivity contribution in [2.45, 2.75) is 13.0 Å². The molecular formula is C12H16BrNO2S. The molecule has 0 amide bonds. The highest BCUT2D eigenvalue weighted by molar-refractivity contribution is 9.10. The number of benzene rings is 1. The molecule has 3 nitrogen and oxygen atoms in total. The fourth-order valence-electron chi connectivity index (χ4n) is 2.02. The predicted molar refractivity (Wildman–Crippen MR) is 74.9 cm³/mol. The molecule has 0 radical (unpaired) electrons. The fraction of sp³-hybridized carbons (Fsp3) is 0.500. The smallest absolute Gasteiger partial charge is 0.0782 e. The Labute approximate surface area is 112 Å². The average Bonchev–Trinajstić information content (AvgIpc) is 2.29. The molecule has 2 rings (SSSR count). The molecule has 1 aromatic carbocycles. The van der Waals surface area contributed by atoms with Crippen molar-refractivity contribution < 1.29 is 9.32 Å². The molecule has 5 heteroatoms. The van der Waals surface area contributed by atoms with Crippen LogP contribution in [0.1, 0.15) is 18.6 Å². The molecule has 1 atom stereocenters. The van der Waals surface area contributed by atoms with E-state index in [1.54, 1.807) is 6.92 Å². The standard InChI is InChI=1S/C12H16BrNO2S/c1-9(15)11-3-2-10(13)8-12(11)14-4-6-17(16)7-5-14/h2-3,8-9,15H,4-7H2,1H3. The van der Waals surface area contributed by atoms with Crippen LogP contribution in [0.4, 0.5) is 5.69 Å². The van der Waals surface area contributed by atoms with E-state index in [9.17, 15) is 9.32 Å². The molecule has 1 N–H and O–H groups in total. The molecule has 1 aromatic rings. The lowest BCUT2D eigenvalue weighted by Crippen LogP contribution is -2.38. The highest BCUT2D eigenvalue weighted by Gasteiger charge is 2.19. The first-order valence-electron chi connectivity index (χ1n) is 5.65. The highest BCUT2D eigenvalue weighted by Crippen LogP contribution is 2.30. The minimum atomic E-state index is -0.673. The molecule has 1 unspecified atom stereocenters. The van der Waals surface area contributed by atoms with Gasteiger partial charge in [-0.2, -0.15) is 0 Å².